The fourth-order valence-corrected chi connectivity index (χ4v) is 3.21. The summed E-state index contributed by atoms with van der Waals surface area (Å²) in [5.41, 5.74) is 6.18. The van der Waals surface area contributed by atoms with Crippen LogP contribution in [0.1, 0.15) is 29.7 Å². The quantitative estimate of drug-likeness (QED) is 0.269. The molecule has 0 aromatic heterocycles. The van der Waals surface area contributed by atoms with Gasteiger partial charge in [0.25, 0.3) is 5.91 Å². The van der Waals surface area contributed by atoms with Gasteiger partial charge in [0.05, 0.1) is 12.7 Å². The van der Waals surface area contributed by atoms with E-state index in [1.807, 2.05) is 0 Å². The lowest BCUT2D eigenvalue weighted by atomic mass is 10.1. The first-order valence-corrected chi connectivity index (χ1v) is 10.5. The molecule has 1 amide bonds. The number of ether oxygens (including phenoxy) is 3. The zero-order valence-corrected chi connectivity index (χ0v) is 20.0. The Balaban J connectivity index is 0.00000432. The summed E-state index contributed by atoms with van der Waals surface area (Å²) < 4.78 is 45.9. The number of methoxy groups -OCH3 is 1. The van der Waals surface area contributed by atoms with Crippen molar-refractivity contribution < 1.29 is 27.8 Å². The number of rotatable bonds is 10. The molecule has 10 heteroatoms. The highest BCUT2D eigenvalue weighted by atomic mass is 35.5. The van der Waals surface area contributed by atoms with E-state index in [2.05, 4.69) is 5.32 Å². The number of amides is 1. The van der Waals surface area contributed by atoms with Crippen molar-refractivity contribution in [2.24, 2.45) is 5.73 Å². The molecule has 0 unspecified atom stereocenters. The van der Waals surface area contributed by atoms with E-state index < -0.39 is 29.2 Å². The Labute approximate surface area is 208 Å². The average molecular weight is 506 g/mol. The van der Waals surface area contributed by atoms with Crippen molar-refractivity contribution in [1.82, 2.24) is 5.32 Å². The molecule has 0 heterocycles. The maximum Gasteiger partial charge on any atom is 0.254 e. The number of hydrogen-bond acceptors (Lipinski definition) is 5. The lowest BCUT2D eigenvalue weighted by Crippen LogP contribution is -2.31. The van der Waals surface area contributed by atoms with Crippen LogP contribution in [-0.4, -0.2) is 25.5 Å². The number of carbonyl (C=O) groups is 1. The molecule has 7 nitrogen and oxygen atoms in total. The molecule has 0 saturated carbocycles. The van der Waals surface area contributed by atoms with Crippen LogP contribution in [0.15, 0.2) is 60.7 Å². The molecule has 0 bridgehead atoms. The third-order valence-corrected chi connectivity index (χ3v) is 4.89. The Morgan fingerprint density at radius 2 is 1.66 bits per heavy atom. The summed E-state index contributed by atoms with van der Waals surface area (Å²) in [7, 11) is 1.49. The molecule has 0 fully saturated rings. The van der Waals surface area contributed by atoms with E-state index in [9.17, 15) is 13.6 Å². The molecule has 186 valence electrons. The number of hydrogen-bond donors (Lipinski definition) is 3. The molecule has 0 aliphatic heterocycles. The van der Waals surface area contributed by atoms with Gasteiger partial charge in [-0.15, -0.1) is 12.4 Å². The Morgan fingerprint density at radius 3 is 2.23 bits per heavy atom. The highest BCUT2D eigenvalue weighted by molar-refractivity contribution is 5.94. The minimum Gasteiger partial charge on any atom is -0.497 e. The van der Waals surface area contributed by atoms with Crippen LogP contribution in [0.5, 0.6) is 17.2 Å². The number of nitrogens with one attached hydrogen (secondary N) is 2. The van der Waals surface area contributed by atoms with Gasteiger partial charge in [-0.3, -0.25) is 10.2 Å². The van der Waals surface area contributed by atoms with Crippen LogP contribution < -0.4 is 20.5 Å². The molecule has 0 saturated heterocycles. The van der Waals surface area contributed by atoms with Crippen LogP contribution in [0.25, 0.3) is 0 Å². The first-order chi connectivity index (χ1) is 16.3. The minimum atomic E-state index is -1.49. The summed E-state index contributed by atoms with van der Waals surface area (Å²) in [4.78, 5) is 12.8. The minimum absolute atomic E-state index is 0. The first-order valence-electron chi connectivity index (χ1n) is 10.5. The normalized spacial score (nSPS) is 11.2. The molecule has 3 aromatic carbocycles. The number of carbonyl (C=O) groups excluding carboxylic acids is 1. The third-order valence-electron chi connectivity index (χ3n) is 4.89. The fraction of sp³-hybridized carbons (Fsp3) is 0.200. The van der Waals surface area contributed by atoms with E-state index in [-0.39, 0.29) is 37.1 Å². The fourth-order valence-electron chi connectivity index (χ4n) is 3.21. The molecular formula is C25H26ClF2N3O4. The van der Waals surface area contributed by atoms with Crippen LogP contribution in [-0.2, 0) is 16.1 Å². The average Bonchev–Trinajstić information content (AvgIpc) is 2.82. The predicted octanol–water partition coefficient (Wildman–Crippen LogP) is 4.87. The maximum atomic E-state index is 14.9. The lowest BCUT2D eigenvalue weighted by Gasteiger charge is -2.19. The van der Waals surface area contributed by atoms with E-state index >= 15 is 0 Å². The van der Waals surface area contributed by atoms with E-state index in [0.29, 0.717) is 17.1 Å². The highest BCUT2D eigenvalue weighted by Gasteiger charge is 2.28. The summed E-state index contributed by atoms with van der Waals surface area (Å²) in [5, 5.41) is 10.0. The van der Waals surface area contributed by atoms with Crippen LogP contribution in [0.3, 0.4) is 0 Å². The van der Waals surface area contributed by atoms with E-state index in [1.165, 1.54) is 7.11 Å². The van der Waals surface area contributed by atoms with Gasteiger partial charge in [-0.05, 0) is 24.6 Å². The Hall–Kier alpha value is -3.69. The van der Waals surface area contributed by atoms with E-state index in [1.54, 1.807) is 55.5 Å². The molecule has 1 atom stereocenters. The second kappa shape index (κ2) is 12.7. The van der Waals surface area contributed by atoms with Crippen molar-refractivity contribution in [2.45, 2.75) is 19.6 Å². The Kier molecular flexibility index (Phi) is 9.98. The molecule has 0 aliphatic carbocycles. The Morgan fingerprint density at radius 1 is 1.03 bits per heavy atom. The van der Waals surface area contributed by atoms with Gasteiger partial charge in [-0.25, -0.2) is 8.78 Å². The summed E-state index contributed by atoms with van der Waals surface area (Å²) in [5.74, 6) is -1.93. The standard InChI is InChI=1S/C25H25F2N3O4.ClH/c1-3-33-23(25(31)30-14-15-7-9-16(10-8-15)24(28)29)22-20(26)12-19(13-21(22)27)34-18-6-4-5-17(11-18)32-2;/h4-13,23H,3,14H2,1-2H3,(H3,28,29)(H,30,31);1H/t23-;/m0./s1. The predicted molar refractivity (Wildman–Crippen MR) is 130 cm³/mol. The van der Waals surface area contributed by atoms with Crippen molar-refractivity contribution in [1.29, 1.82) is 5.41 Å². The molecule has 3 aromatic rings. The third kappa shape index (κ3) is 7.14. The van der Waals surface area contributed by atoms with Gasteiger partial charge in [-0.1, -0.05) is 30.3 Å². The summed E-state index contributed by atoms with van der Waals surface area (Å²) in [6.45, 7) is 1.78. The summed E-state index contributed by atoms with van der Waals surface area (Å²) in [6.07, 6.45) is -1.49. The van der Waals surface area contributed by atoms with Crippen molar-refractivity contribution >= 4 is 24.1 Å². The van der Waals surface area contributed by atoms with Crippen molar-refractivity contribution in [3.63, 3.8) is 0 Å². The second-order valence-corrected chi connectivity index (χ2v) is 7.25. The van der Waals surface area contributed by atoms with Crippen molar-refractivity contribution in [3.05, 3.63) is 89.0 Å². The molecule has 0 radical (unpaired) electrons. The maximum absolute atomic E-state index is 14.9. The van der Waals surface area contributed by atoms with Gasteiger partial charge in [-0.2, -0.15) is 0 Å². The lowest BCUT2D eigenvalue weighted by molar-refractivity contribution is -0.133. The zero-order valence-electron chi connectivity index (χ0n) is 19.1. The van der Waals surface area contributed by atoms with Gasteiger partial charge in [0.15, 0.2) is 6.10 Å². The largest absolute Gasteiger partial charge is 0.497 e. The van der Waals surface area contributed by atoms with Crippen LogP contribution in [0.2, 0.25) is 0 Å². The monoisotopic (exact) mass is 505 g/mol. The summed E-state index contributed by atoms with van der Waals surface area (Å²) in [6, 6.07) is 15.2. The topological polar surface area (TPSA) is 107 Å². The number of benzene rings is 3. The second-order valence-electron chi connectivity index (χ2n) is 7.25. The smallest absolute Gasteiger partial charge is 0.254 e. The first kappa shape index (κ1) is 27.6. The number of halogens is 3. The summed E-state index contributed by atoms with van der Waals surface area (Å²) >= 11 is 0. The van der Waals surface area contributed by atoms with Gasteiger partial charge in [0, 0.05) is 36.9 Å². The van der Waals surface area contributed by atoms with Gasteiger partial charge in [0.2, 0.25) is 0 Å². The van der Waals surface area contributed by atoms with Crippen molar-refractivity contribution in [2.75, 3.05) is 13.7 Å². The molecule has 0 aliphatic rings. The molecule has 0 spiro atoms. The van der Waals surface area contributed by atoms with Gasteiger partial charge < -0.3 is 25.3 Å². The SMILES string of the molecule is CCO[C@H](C(=O)NCc1ccc(C(=N)N)cc1)c1c(F)cc(Oc2cccc(OC)c2)cc1F.Cl. The number of amidine groups is 1. The van der Waals surface area contributed by atoms with E-state index in [0.717, 1.165) is 17.7 Å². The zero-order chi connectivity index (χ0) is 24.7. The van der Waals surface area contributed by atoms with Gasteiger partial charge >= 0.3 is 0 Å². The van der Waals surface area contributed by atoms with Crippen LogP contribution >= 0.6 is 12.4 Å². The number of nitrogens with two attached hydrogens (primary N) is 1. The Bertz CT molecular complexity index is 1150. The highest BCUT2D eigenvalue weighted by Crippen LogP contribution is 2.31. The molecule has 35 heavy (non-hydrogen) atoms. The van der Waals surface area contributed by atoms with Gasteiger partial charge in [0.1, 0.15) is 34.7 Å². The van der Waals surface area contributed by atoms with Crippen LogP contribution in [0, 0.1) is 17.0 Å². The van der Waals surface area contributed by atoms with Crippen molar-refractivity contribution in [3.8, 4) is 17.2 Å². The molecular weight excluding hydrogens is 480 g/mol. The van der Waals surface area contributed by atoms with E-state index in [4.69, 9.17) is 25.4 Å². The molecule has 3 rings (SSSR count). The molecule has 4 N–H and O–H groups in total. The number of nitrogen functional groups attached to an aromatic ring is 1. The van der Waals surface area contributed by atoms with Crippen LogP contribution in [0.4, 0.5) is 8.78 Å².